The summed E-state index contributed by atoms with van der Waals surface area (Å²) in [5, 5.41) is 3.60. The molecular formula is C26H24ClN5O2. The maximum Gasteiger partial charge on any atom is 0.253 e. The number of piperidine rings is 1. The third-order valence-corrected chi connectivity index (χ3v) is 6.40. The van der Waals surface area contributed by atoms with Gasteiger partial charge in [0.15, 0.2) is 0 Å². The normalized spacial score (nSPS) is 15.9. The fraction of sp³-hybridized carbons (Fsp3) is 0.231. The molecule has 2 aromatic heterocycles. The van der Waals surface area contributed by atoms with Gasteiger partial charge in [-0.3, -0.25) is 14.2 Å². The lowest BCUT2D eigenvalue weighted by Crippen LogP contribution is -2.45. The van der Waals surface area contributed by atoms with E-state index >= 15 is 0 Å². The van der Waals surface area contributed by atoms with Crippen LogP contribution in [0.3, 0.4) is 0 Å². The predicted octanol–water partition coefficient (Wildman–Crippen LogP) is 4.24. The Morgan fingerprint density at radius 2 is 1.85 bits per heavy atom. The highest BCUT2D eigenvalue weighted by Crippen LogP contribution is 2.20. The molecule has 0 saturated carbocycles. The molecule has 2 amide bonds. The number of para-hydroxylation sites is 2. The maximum atomic E-state index is 12.8. The maximum absolute atomic E-state index is 12.8. The van der Waals surface area contributed by atoms with Crippen molar-refractivity contribution in [3.05, 3.63) is 89.3 Å². The van der Waals surface area contributed by atoms with E-state index < -0.39 is 0 Å². The van der Waals surface area contributed by atoms with Gasteiger partial charge in [-0.1, -0.05) is 29.8 Å². The van der Waals surface area contributed by atoms with Crippen molar-refractivity contribution in [2.75, 3.05) is 13.1 Å². The molecule has 1 saturated heterocycles. The number of nitrogens with zero attached hydrogens (tertiary/aromatic N) is 4. The molecule has 1 aliphatic rings. The Bertz CT molecular complexity index is 1320. The highest BCUT2D eigenvalue weighted by Gasteiger charge is 2.28. The Kier molecular flexibility index (Phi) is 6.27. The van der Waals surface area contributed by atoms with Crippen molar-refractivity contribution < 1.29 is 9.59 Å². The van der Waals surface area contributed by atoms with Gasteiger partial charge in [0.25, 0.3) is 5.91 Å². The van der Waals surface area contributed by atoms with Crippen LogP contribution < -0.4 is 5.32 Å². The van der Waals surface area contributed by atoms with Crippen LogP contribution >= 0.6 is 11.6 Å². The summed E-state index contributed by atoms with van der Waals surface area (Å²) in [4.78, 5) is 36.3. The molecule has 34 heavy (non-hydrogen) atoms. The first-order valence-electron chi connectivity index (χ1n) is 11.3. The van der Waals surface area contributed by atoms with Crippen LogP contribution in [-0.4, -0.2) is 44.3 Å². The van der Waals surface area contributed by atoms with Crippen molar-refractivity contribution in [3.8, 4) is 5.82 Å². The molecule has 0 radical (unpaired) electrons. The number of fused-ring (bicyclic) bond motifs is 1. The second-order valence-electron chi connectivity index (χ2n) is 8.44. The number of hydrogen-bond acceptors (Lipinski definition) is 4. The molecule has 5 rings (SSSR count). The third kappa shape index (κ3) is 4.65. The predicted molar refractivity (Wildman–Crippen MR) is 131 cm³/mol. The van der Waals surface area contributed by atoms with Crippen molar-refractivity contribution >= 4 is 34.4 Å². The zero-order valence-corrected chi connectivity index (χ0v) is 19.3. The van der Waals surface area contributed by atoms with Gasteiger partial charge in [-0.15, -0.1) is 0 Å². The summed E-state index contributed by atoms with van der Waals surface area (Å²) in [5.41, 5.74) is 3.40. The van der Waals surface area contributed by atoms with E-state index in [1.807, 2.05) is 41.0 Å². The molecule has 172 valence electrons. The molecule has 0 bridgehead atoms. The number of benzene rings is 2. The monoisotopic (exact) mass is 473 g/mol. The smallest absolute Gasteiger partial charge is 0.253 e. The average Bonchev–Trinajstić information content (AvgIpc) is 3.32. The van der Waals surface area contributed by atoms with E-state index in [-0.39, 0.29) is 17.7 Å². The van der Waals surface area contributed by atoms with Crippen LogP contribution in [0.2, 0.25) is 5.02 Å². The molecule has 3 heterocycles. The second kappa shape index (κ2) is 9.65. The Morgan fingerprint density at radius 3 is 2.65 bits per heavy atom. The van der Waals surface area contributed by atoms with Gasteiger partial charge in [0.2, 0.25) is 5.91 Å². The minimum atomic E-state index is -0.227. The van der Waals surface area contributed by atoms with E-state index in [0.29, 0.717) is 30.2 Å². The quantitative estimate of drug-likeness (QED) is 0.470. The molecule has 4 aromatic rings. The van der Waals surface area contributed by atoms with E-state index in [1.165, 1.54) is 0 Å². The van der Waals surface area contributed by atoms with Crippen LogP contribution in [0.15, 0.2) is 73.2 Å². The van der Waals surface area contributed by atoms with Gasteiger partial charge in [-0.05, 0) is 60.9 Å². The standard InChI is InChI=1S/C26H24ClN5O2/c27-21-10-8-19(9-11-21)26(34)31-13-3-4-20(16-31)25(33)29-15-18-7-12-24(28-14-18)32-17-30-22-5-1-2-6-23(22)32/h1-2,5-12,14,17,20H,3-4,13,15-16H2,(H,29,33). The average molecular weight is 474 g/mol. The largest absolute Gasteiger partial charge is 0.352 e. The summed E-state index contributed by atoms with van der Waals surface area (Å²) in [7, 11) is 0. The van der Waals surface area contributed by atoms with Crippen molar-refractivity contribution in [1.29, 1.82) is 0 Å². The molecular weight excluding hydrogens is 450 g/mol. The van der Waals surface area contributed by atoms with Crippen LogP contribution in [0.1, 0.15) is 28.8 Å². The number of amides is 2. The molecule has 1 N–H and O–H groups in total. The number of aromatic nitrogens is 3. The van der Waals surface area contributed by atoms with Gasteiger partial charge in [0.05, 0.1) is 17.0 Å². The number of pyridine rings is 1. The summed E-state index contributed by atoms with van der Waals surface area (Å²) in [6, 6.07) is 18.6. The molecule has 1 aliphatic heterocycles. The molecule has 1 fully saturated rings. The minimum absolute atomic E-state index is 0.0433. The summed E-state index contributed by atoms with van der Waals surface area (Å²) in [6.07, 6.45) is 5.09. The Balaban J connectivity index is 1.18. The van der Waals surface area contributed by atoms with Crippen molar-refractivity contribution in [2.24, 2.45) is 5.92 Å². The summed E-state index contributed by atoms with van der Waals surface area (Å²) < 4.78 is 1.94. The highest BCUT2D eigenvalue weighted by molar-refractivity contribution is 6.30. The molecule has 0 spiro atoms. The zero-order valence-electron chi connectivity index (χ0n) is 18.5. The molecule has 8 heteroatoms. The summed E-state index contributed by atoms with van der Waals surface area (Å²) in [5.74, 6) is 0.432. The highest BCUT2D eigenvalue weighted by atomic mass is 35.5. The van der Waals surface area contributed by atoms with E-state index in [2.05, 4.69) is 15.3 Å². The number of likely N-dealkylation sites (tertiary alicyclic amines) is 1. The number of rotatable bonds is 5. The van der Waals surface area contributed by atoms with Gasteiger partial charge < -0.3 is 10.2 Å². The first-order chi connectivity index (χ1) is 16.6. The topological polar surface area (TPSA) is 80.1 Å². The van der Waals surface area contributed by atoms with E-state index in [0.717, 1.165) is 35.3 Å². The van der Waals surface area contributed by atoms with Gasteiger partial charge in [-0.2, -0.15) is 0 Å². The lowest BCUT2D eigenvalue weighted by Gasteiger charge is -2.32. The lowest BCUT2D eigenvalue weighted by atomic mass is 9.96. The molecule has 7 nitrogen and oxygen atoms in total. The number of halogens is 1. The third-order valence-electron chi connectivity index (χ3n) is 6.15. The van der Waals surface area contributed by atoms with Gasteiger partial charge in [0, 0.05) is 36.4 Å². The minimum Gasteiger partial charge on any atom is -0.352 e. The lowest BCUT2D eigenvalue weighted by molar-refractivity contribution is -0.126. The van der Waals surface area contributed by atoms with Gasteiger partial charge >= 0.3 is 0 Å². The first-order valence-corrected chi connectivity index (χ1v) is 11.7. The van der Waals surface area contributed by atoms with E-state index in [9.17, 15) is 9.59 Å². The number of carbonyl (C=O) groups is 2. The SMILES string of the molecule is O=C(NCc1ccc(-n2cnc3ccccc32)nc1)C1CCCN(C(=O)c2ccc(Cl)cc2)C1. The number of nitrogens with one attached hydrogen (secondary N) is 1. The van der Waals surface area contributed by atoms with Crippen LogP contribution in [0.25, 0.3) is 16.9 Å². The molecule has 1 atom stereocenters. The first kappa shape index (κ1) is 22.1. The molecule has 1 unspecified atom stereocenters. The van der Waals surface area contributed by atoms with Crippen LogP contribution in [-0.2, 0) is 11.3 Å². The second-order valence-corrected chi connectivity index (χ2v) is 8.88. The van der Waals surface area contributed by atoms with Crippen molar-refractivity contribution in [2.45, 2.75) is 19.4 Å². The summed E-state index contributed by atoms with van der Waals surface area (Å²) in [6.45, 7) is 1.45. The van der Waals surface area contributed by atoms with Crippen molar-refractivity contribution in [1.82, 2.24) is 24.8 Å². The van der Waals surface area contributed by atoms with Crippen LogP contribution in [0.5, 0.6) is 0 Å². The fourth-order valence-electron chi connectivity index (χ4n) is 4.29. The number of imidazole rings is 1. The summed E-state index contributed by atoms with van der Waals surface area (Å²) >= 11 is 5.92. The van der Waals surface area contributed by atoms with Crippen molar-refractivity contribution in [3.63, 3.8) is 0 Å². The zero-order chi connectivity index (χ0) is 23.5. The Labute approximate surface area is 202 Å². The number of carbonyl (C=O) groups excluding carboxylic acids is 2. The Hall–Kier alpha value is -3.71. The van der Waals surface area contributed by atoms with Crippen LogP contribution in [0.4, 0.5) is 0 Å². The van der Waals surface area contributed by atoms with Crippen LogP contribution in [0, 0.1) is 5.92 Å². The van der Waals surface area contributed by atoms with Gasteiger partial charge in [0.1, 0.15) is 12.1 Å². The van der Waals surface area contributed by atoms with E-state index in [4.69, 9.17) is 11.6 Å². The molecule has 0 aliphatic carbocycles. The fourth-order valence-corrected chi connectivity index (χ4v) is 4.42. The molecule has 2 aromatic carbocycles. The van der Waals surface area contributed by atoms with Gasteiger partial charge in [-0.25, -0.2) is 9.97 Å². The van der Waals surface area contributed by atoms with E-state index in [1.54, 1.807) is 41.7 Å². The number of hydrogen-bond donors (Lipinski definition) is 1. The Morgan fingerprint density at radius 1 is 1.03 bits per heavy atom.